The van der Waals surface area contributed by atoms with Crippen molar-refractivity contribution < 1.29 is 5.11 Å². The first-order chi connectivity index (χ1) is 8.58. The maximum atomic E-state index is 9.82. The Morgan fingerprint density at radius 2 is 2.00 bits per heavy atom. The Bertz CT molecular complexity index is 375. The average Bonchev–Trinajstić information content (AvgIpc) is 2.32. The second kappa shape index (κ2) is 5.83. The van der Waals surface area contributed by atoms with Crippen LogP contribution in [0.3, 0.4) is 0 Å². The monoisotopic (exact) mass is 248 g/mol. The predicted octanol–water partition coefficient (Wildman–Crippen LogP) is 1.84. The van der Waals surface area contributed by atoms with Crippen molar-refractivity contribution in [1.82, 2.24) is 4.90 Å². The molecular formula is C15H24N2O. The van der Waals surface area contributed by atoms with Crippen molar-refractivity contribution in [3.8, 4) is 0 Å². The highest BCUT2D eigenvalue weighted by atomic mass is 16.3. The van der Waals surface area contributed by atoms with Crippen molar-refractivity contribution in [2.75, 3.05) is 13.1 Å². The minimum absolute atomic E-state index is 0.0676. The van der Waals surface area contributed by atoms with Gasteiger partial charge in [-0.3, -0.25) is 4.90 Å². The molecule has 1 aliphatic rings. The number of hydrogen-bond acceptors (Lipinski definition) is 3. The highest BCUT2D eigenvalue weighted by Crippen LogP contribution is 2.27. The van der Waals surface area contributed by atoms with Gasteiger partial charge < -0.3 is 10.8 Å². The SMILES string of the molecule is Cc1ccc(C(C(C)N)N2CCCC(O)C2)cc1. The molecule has 1 aromatic carbocycles. The molecule has 3 nitrogen and oxygen atoms in total. The highest BCUT2D eigenvalue weighted by molar-refractivity contribution is 5.25. The summed E-state index contributed by atoms with van der Waals surface area (Å²) in [6, 6.07) is 8.85. The Kier molecular flexibility index (Phi) is 4.38. The number of aryl methyl sites for hydroxylation is 1. The van der Waals surface area contributed by atoms with Gasteiger partial charge in [-0.25, -0.2) is 0 Å². The number of likely N-dealkylation sites (tertiary alicyclic amines) is 1. The van der Waals surface area contributed by atoms with E-state index >= 15 is 0 Å². The lowest BCUT2D eigenvalue weighted by Crippen LogP contribution is -2.46. The number of hydrogen-bond donors (Lipinski definition) is 2. The summed E-state index contributed by atoms with van der Waals surface area (Å²) < 4.78 is 0. The van der Waals surface area contributed by atoms with Crippen molar-refractivity contribution in [2.24, 2.45) is 5.73 Å². The van der Waals surface area contributed by atoms with Crippen molar-refractivity contribution >= 4 is 0 Å². The molecule has 0 bridgehead atoms. The quantitative estimate of drug-likeness (QED) is 0.858. The van der Waals surface area contributed by atoms with E-state index in [2.05, 4.69) is 36.1 Å². The summed E-state index contributed by atoms with van der Waals surface area (Å²) in [5.74, 6) is 0. The number of nitrogens with two attached hydrogens (primary N) is 1. The zero-order valence-corrected chi connectivity index (χ0v) is 11.3. The van der Waals surface area contributed by atoms with Crippen LogP contribution in [0.5, 0.6) is 0 Å². The Morgan fingerprint density at radius 3 is 2.56 bits per heavy atom. The smallest absolute Gasteiger partial charge is 0.0667 e. The minimum atomic E-state index is -0.203. The summed E-state index contributed by atoms with van der Waals surface area (Å²) in [5.41, 5.74) is 8.68. The van der Waals surface area contributed by atoms with E-state index in [-0.39, 0.29) is 18.2 Å². The standard InChI is InChI=1S/C15H24N2O/c1-11-5-7-13(8-6-11)15(12(2)16)17-9-3-4-14(18)10-17/h5-8,12,14-15,18H,3-4,9-10,16H2,1-2H3. The fourth-order valence-electron chi connectivity index (χ4n) is 2.85. The van der Waals surface area contributed by atoms with Crippen molar-refractivity contribution in [2.45, 2.75) is 44.9 Å². The molecule has 18 heavy (non-hydrogen) atoms. The second-order valence-corrected chi connectivity index (χ2v) is 5.51. The van der Waals surface area contributed by atoms with Gasteiger partial charge in [-0.1, -0.05) is 29.8 Å². The third-order valence-electron chi connectivity index (χ3n) is 3.74. The van der Waals surface area contributed by atoms with Crippen LogP contribution in [-0.2, 0) is 0 Å². The molecule has 1 aromatic rings. The van der Waals surface area contributed by atoms with E-state index in [4.69, 9.17) is 5.73 Å². The van der Waals surface area contributed by atoms with Crippen LogP contribution in [-0.4, -0.2) is 35.2 Å². The van der Waals surface area contributed by atoms with Crippen LogP contribution in [0.4, 0.5) is 0 Å². The Hall–Kier alpha value is -0.900. The molecule has 100 valence electrons. The molecule has 3 atom stereocenters. The third-order valence-corrected chi connectivity index (χ3v) is 3.74. The van der Waals surface area contributed by atoms with Crippen LogP contribution in [0, 0.1) is 6.92 Å². The average molecular weight is 248 g/mol. The predicted molar refractivity (Wildman–Crippen MR) is 74.4 cm³/mol. The number of piperidine rings is 1. The van der Waals surface area contributed by atoms with Crippen molar-refractivity contribution in [1.29, 1.82) is 0 Å². The number of benzene rings is 1. The van der Waals surface area contributed by atoms with E-state index in [1.807, 2.05) is 6.92 Å². The second-order valence-electron chi connectivity index (χ2n) is 5.51. The first-order valence-electron chi connectivity index (χ1n) is 6.82. The molecule has 1 saturated heterocycles. The van der Waals surface area contributed by atoms with Gasteiger partial charge in [0.1, 0.15) is 0 Å². The molecule has 3 unspecified atom stereocenters. The zero-order valence-electron chi connectivity index (χ0n) is 11.3. The molecule has 0 aliphatic carbocycles. The zero-order chi connectivity index (χ0) is 13.1. The molecule has 0 saturated carbocycles. The maximum absolute atomic E-state index is 9.82. The molecular weight excluding hydrogens is 224 g/mol. The van der Waals surface area contributed by atoms with E-state index in [0.29, 0.717) is 0 Å². The van der Waals surface area contributed by atoms with Gasteiger partial charge >= 0.3 is 0 Å². The third kappa shape index (κ3) is 3.10. The fourth-order valence-corrected chi connectivity index (χ4v) is 2.85. The van der Waals surface area contributed by atoms with Gasteiger partial charge in [0.25, 0.3) is 0 Å². The van der Waals surface area contributed by atoms with Crippen molar-refractivity contribution in [3.63, 3.8) is 0 Å². The van der Waals surface area contributed by atoms with Gasteiger partial charge in [0.2, 0.25) is 0 Å². The first kappa shape index (κ1) is 13.5. The highest BCUT2D eigenvalue weighted by Gasteiger charge is 2.28. The molecule has 3 heteroatoms. The number of aliphatic hydroxyl groups excluding tert-OH is 1. The fraction of sp³-hybridized carbons (Fsp3) is 0.600. The summed E-state index contributed by atoms with van der Waals surface area (Å²) >= 11 is 0. The van der Waals surface area contributed by atoms with Crippen LogP contribution >= 0.6 is 0 Å². The molecule has 0 aromatic heterocycles. The molecule has 1 fully saturated rings. The van der Waals surface area contributed by atoms with Gasteiger partial charge in [0.15, 0.2) is 0 Å². The molecule has 0 spiro atoms. The van der Waals surface area contributed by atoms with Gasteiger partial charge in [0, 0.05) is 18.6 Å². The largest absolute Gasteiger partial charge is 0.392 e. The van der Waals surface area contributed by atoms with Gasteiger partial charge in [0.05, 0.1) is 6.10 Å². The van der Waals surface area contributed by atoms with Crippen LogP contribution < -0.4 is 5.73 Å². The van der Waals surface area contributed by atoms with Gasteiger partial charge in [-0.2, -0.15) is 0 Å². The number of nitrogens with zero attached hydrogens (tertiary/aromatic N) is 1. The van der Waals surface area contributed by atoms with Crippen LogP contribution in [0.25, 0.3) is 0 Å². The topological polar surface area (TPSA) is 49.5 Å². The molecule has 2 rings (SSSR count). The lowest BCUT2D eigenvalue weighted by atomic mass is 9.95. The summed E-state index contributed by atoms with van der Waals surface area (Å²) in [6.45, 7) is 5.90. The number of β-amino-alcohol motifs (C(OH)–C–C–N with tert-alkyl or cyclic N) is 1. The number of rotatable bonds is 3. The Morgan fingerprint density at radius 1 is 1.33 bits per heavy atom. The van der Waals surface area contributed by atoms with Crippen LogP contribution in [0.1, 0.15) is 36.9 Å². The van der Waals surface area contributed by atoms with E-state index < -0.39 is 0 Å². The molecule has 1 aliphatic heterocycles. The van der Waals surface area contributed by atoms with Crippen LogP contribution in [0.2, 0.25) is 0 Å². The first-order valence-corrected chi connectivity index (χ1v) is 6.82. The summed E-state index contributed by atoms with van der Waals surface area (Å²) in [5, 5.41) is 9.82. The van der Waals surface area contributed by atoms with E-state index in [9.17, 15) is 5.11 Å². The van der Waals surface area contributed by atoms with E-state index in [0.717, 1.165) is 25.9 Å². The Balaban J connectivity index is 2.19. The molecule has 0 amide bonds. The normalized spacial score (nSPS) is 24.8. The van der Waals surface area contributed by atoms with E-state index in [1.54, 1.807) is 0 Å². The maximum Gasteiger partial charge on any atom is 0.0667 e. The minimum Gasteiger partial charge on any atom is -0.392 e. The summed E-state index contributed by atoms with van der Waals surface area (Å²) in [7, 11) is 0. The lowest BCUT2D eigenvalue weighted by molar-refractivity contribution is 0.0405. The Labute approximate surface area is 110 Å². The van der Waals surface area contributed by atoms with Gasteiger partial charge in [-0.05, 0) is 38.8 Å². The van der Waals surface area contributed by atoms with Crippen molar-refractivity contribution in [3.05, 3.63) is 35.4 Å². The van der Waals surface area contributed by atoms with Gasteiger partial charge in [-0.15, -0.1) is 0 Å². The summed E-state index contributed by atoms with van der Waals surface area (Å²) in [6.07, 6.45) is 1.76. The molecule has 1 heterocycles. The van der Waals surface area contributed by atoms with Crippen LogP contribution in [0.15, 0.2) is 24.3 Å². The summed E-state index contributed by atoms with van der Waals surface area (Å²) in [4.78, 5) is 2.32. The molecule has 3 N–H and O–H groups in total. The molecule has 0 radical (unpaired) electrons. The van der Waals surface area contributed by atoms with E-state index in [1.165, 1.54) is 11.1 Å². The number of aliphatic hydroxyl groups is 1. The lowest BCUT2D eigenvalue weighted by Gasteiger charge is -2.38.